The molecule has 0 radical (unpaired) electrons. The normalized spacial score (nSPS) is 12.4. The maximum atomic E-state index is 12.7. The summed E-state index contributed by atoms with van der Waals surface area (Å²) in [7, 11) is 1.58. The zero-order valence-corrected chi connectivity index (χ0v) is 12.9. The molecule has 3 aromatic rings. The maximum Gasteiger partial charge on any atom is 0.231 e. The summed E-state index contributed by atoms with van der Waals surface area (Å²) in [6.07, 6.45) is 0. The summed E-state index contributed by atoms with van der Waals surface area (Å²) in [4.78, 5) is 17.2. The van der Waals surface area contributed by atoms with Crippen LogP contribution in [0.5, 0.6) is 17.2 Å². The largest absolute Gasteiger partial charge is 0.496 e. The summed E-state index contributed by atoms with van der Waals surface area (Å²) in [6.45, 7) is 0.164. The Labute approximate surface area is 137 Å². The Morgan fingerprint density at radius 2 is 1.96 bits per heavy atom. The Bertz CT molecular complexity index is 969. The molecule has 6 heteroatoms. The van der Waals surface area contributed by atoms with Gasteiger partial charge in [-0.1, -0.05) is 0 Å². The predicted molar refractivity (Wildman–Crippen MR) is 88.7 cm³/mol. The van der Waals surface area contributed by atoms with Crippen LogP contribution in [0.1, 0.15) is 16.1 Å². The third-order valence-electron chi connectivity index (χ3n) is 3.94. The van der Waals surface area contributed by atoms with Crippen LogP contribution in [0.2, 0.25) is 0 Å². The Kier molecular flexibility index (Phi) is 3.23. The van der Waals surface area contributed by atoms with Crippen LogP contribution in [0.15, 0.2) is 42.5 Å². The number of hydrogen-bond donors (Lipinski definition) is 1. The number of nitrogen functional groups attached to an aromatic ring is 1. The molecule has 2 heterocycles. The number of rotatable bonds is 3. The van der Waals surface area contributed by atoms with E-state index in [2.05, 4.69) is 4.98 Å². The van der Waals surface area contributed by atoms with Gasteiger partial charge in [-0.2, -0.15) is 0 Å². The minimum Gasteiger partial charge on any atom is -0.496 e. The van der Waals surface area contributed by atoms with Gasteiger partial charge in [0.05, 0.1) is 18.3 Å². The molecule has 1 aliphatic heterocycles. The second-order valence-corrected chi connectivity index (χ2v) is 5.35. The minimum absolute atomic E-state index is 0.164. The fourth-order valence-corrected chi connectivity index (χ4v) is 2.70. The van der Waals surface area contributed by atoms with Crippen LogP contribution < -0.4 is 19.9 Å². The molecule has 2 N–H and O–H groups in total. The van der Waals surface area contributed by atoms with Gasteiger partial charge in [0, 0.05) is 10.9 Å². The first kappa shape index (κ1) is 14.3. The molecule has 1 aliphatic rings. The summed E-state index contributed by atoms with van der Waals surface area (Å²) in [5.74, 6) is 1.64. The SMILES string of the molecule is COc1ccc(N)c2nc(C(=O)c3ccc4c(c3)OCO4)ccc12. The van der Waals surface area contributed by atoms with Gasteiger partial charge in [0.2, 0.25) is 12.6 Å². The molecule has 0 aliphatic carbocycles. The van der Waals surface area contributed by atoms with Crippen molar-refractivity contribution >= 4 is 22.4 Å². The van der Waals surface area contributed by atoms with E-state index in [-0.39, 0.29) is 12.6 Å². The molecular weight excluding hydrogens is 308 g/mol. The Morgan fingerprint density at radius 3 is 2.79 bits per heavy atom. The van der Waals surface area contributed by atoms with Gasteiger partial charge in [-0.05, 0) is 42.5 Å². The van der Waals surface area contributed by atoms with Crippen LogP contribution in [-0.2, 0) is 0 Å². The molecule has 0 bridgehead atoms. The first-order chi connectivity index (χ1) is 11.7. The summed E-state index contributed by atoms with van der Waals surface area (Å²) >= 11 is 0. The molecule has 120 valence electrons. The average molecular weight is 322 g/mol. The van der Waals surface area contributed by atoms with E-state index >= 15 is 0 Å². The number of ketones is 1. The Balaban J connectivity index is 1.79. The highest BCUT2D eigenvalue weighted by Gasteiger charge is 2.19. The smallest absolute Gasteiger partial charge is 0.231 e. The predicted octanol–water partition coefficient (Wildman–Crippen LogP) is 2.79. The van der Waals surface area contributed by atoms with Crippen molar-refractivity contribution in [3.8, 4) is 17.2 Å². The summed E-state index contributed by atoms with van der Waals surface area (Å²) in [6, 6.07) is 12.0. The van der Waals surface area contributed by atoms with E-state index in [4.69, 9.17) is 19.9 Å². The van der Waals surface area contributed by atoms with E-state index in [1.54, 1.807) is 49.6 Å². The van der Waals surface area contributed by atoms with Crippen LogP contribution >= 0.6 is 0 Å². The van der Waals surface area contributed by atoms with Gasteiger partial charge in [0.1, 0.15) is 11.4 Å². The first-order valence-corrected chi connectivity index (χ1v) is 7.35. The number of anilines is 1. The fraction of sp³-hybridized carbons (Fsp3) is 0.111. The van der Waals surface area contributed by atoms with Crippen LogP contribution in [-0.4, -0.2) is 24.7 Å². The van der Waals surface area contributed by atoms with Crippen molar-refractivity contribution in [2.75, 3.05) is 19.6 Å². The number of ether oxygens (including phenoxy) is 3. The molecule has 0 fully saturated rings. The number of benzene rings is 2. The first-order valence-electron chi connectivity index (χ1n) is 7.35. The number of fused-ring (bicyclic) bond motifs is 2. The molecule has 1 aromatic heterocycles. The van der Waals surface area contributed by atoms with Crippen molar-refractivity contribution in [2.24, 2.45) is 0 Å². The zero-order valence-electron chi connectivity index (χ0n) is 12.9. The van der Waals surface area contributed by atoms with Crippen molar-refractivity contribution < 1.29 is 19.0 Å². The Morgan fingerprint density at radius 1 is 1.12 bits per heavy atom. The number of aromatic nitrogens is 1. The number of hydrogen-bond acceptors (Lipinski definition) is 6. The zero-order chi connectivity index (χ0) is 16.7. The fourth-order valence-electron chi connectivity index (χ4n) is 2.70. The Hall–Kier alpha value is -3.28. The number of nitrogens with two attached hydrogens (primary N) is 1. The standard InChI is InChI=1S/C18H14N2O4/c1-22-14-7-4-12(19)17-11(14)3-5-13(20-17)18(21)10-2-6-15-16(8-10)24-9-23-15/h2-8H,9,19H2,1H3. The molecule has 4 rings (SSSR count). The van der Waals surface area contributed by atoms with Gasteiger partial charge in [0.25, 0.3) is 0 Å². The van der Waals surface area contributed by atoms with E-state index < -0.39 is 0 Å². The van der Waals surface area contributed by atoms with Crippen molar-refractivity contribution in [2.45, 2.75) is 0 Å². The van der Waals surface area contributed by atoms with Crippen LogP contribution in [0, 0.1) is 0 Å². The van der Waals surface area contributed by atoms with E-state index in [1.807, 2.05) is 0 Å². The second-order valence-electron chi connectivity index (χ2n) is 5.35. The van der Waals surface area contributed by atoms with Gasteiger partial charge in [0.15, 0.2) is 11.5 Å². The van der Waals surface area contributed by atoms with E-state index in [0.717, 1.165) is 5.39 Å². The minimum atomic E-state index is -0.211. The number of pyridine rings is 1. The van der Waals surface area contributed by atoms with E-state index in [1.165, 1.54) is 0 Å². The summed E-state index contributed by atoms with van der Waals surface area (Å²) < 4.78 is 15.9. The monoisotopic (exact) mass is 322 g/mol. The highest BCUT2D eigenvalue weighted by molar-refractivity contribution is 6.09. The van der Waals surface area contributed by atoms with E-state index in [9.17, 15) is 4.79 Å². The number of nitrogens with zero attached hydrogens (tertiary/aromatic N) is 1. The highest BCUT2D eigenvalue weighted by atomic mass is 16.7. The van der Waals surface area contributed by atoms with Crippen LogP contribution in [0.25, 0.3) is 10.9 Å². The van der Waals surface area contributed by atoms with Gasteiger partial charge in [-0.25, -0.2) is 4.98 Å². The van der Waals surface area contributed by atoms with Crippen molar-refractivity contribution in [1.29, 1.82) is 0 Å². The summed E-state index contributed by atoms with van der Waals surface area (Å²) in [5, 5.41) is 0.764. The van der Waals surface area contributed by atoms with Crippen molar-refractivity contribution in [3.05, 3.63) is 53.7 Å². The van der Waals surface area contributed by atoms with Gasteiger partial charge < -0.3 is 19.9 Å². The van der Waals surface area contributed by atoms with Crippen molar-refractivity contribution in [1.82, 2.24) is 4.98 Å². The summed E-state index contributed by atoms with van der Waals surface area (Å²) in [5.41, 5.74) is 7.82. The molecule has 2 aromatic carbocycles. The molecule has 0 unspecified atom stereocenters. The molecular formula is C18H14N2O4. The van der Waals surface area contributed by atoms with Gasteiger partial charge >= 0.3 is 0 Å². The number of carbonyl (C=O) groups is 1. The molecule has 0 amide bonds. The number of methoxy groups -OCH3 is 1. The quantitative estimate of drug-likeness (QED) is 0.590. The lowest BCUT2D eigenvalue weighted by molar-refractivity contribution is 0.103. The van der Waals surface area contributed by atoms with E-state index in [0.29, 0.717) is 39.7 Å². The van der Waals surface area contributed by atoms with Crippen LogP contribution in [0.4, 0.5) is 5.69 Å². The van der Waals surface area contributed by atoms with Crippen molar-refractivity contribution in [3.63, 3.8) is 0 Å². The molecule has 24 heavy (non-hydrogen) atoms. The third-order valence-corrected chi connectivity index (χ3v) is 3.94. The van der Waals surface area contributed by atoms with Gasteiger partial charge in [-0.15, -0.1) is 0 Å². The molecule has 0 spiro atoms. The third kappa shape index (κ3) is 2.20. The lowest BCUT2D eigenvalue weighted by Gasteiger charge is -2.09. The highest BCUT2D eigenvalue weighted by Crippen LogP contribution is 2.33. The average Bonchev–Trinajstić information content (AvgIpc) is 3.09. The van der Waals surface area contributed by atoms with Crippen LogP contribution in [0.3, 0.4) is 0 Å². The molecule has 6 nitrogen and oxygen atoms in total. The van der Waals surface area contributed by atoms with Gasteiger partial charge in [-0.3, -0.25) is 4.79 Å². The maximum absolute atomic E-state index is 12.7. The second kappa shape index (κ2) is 5.42. The lowest BCUT2D eigenvalue weighted by atomic mass is 10.1. The number of carbonyl (C=O) groups excluding carboxylic acids is 1. The topological polar surface area (TPSA) is 83.7 Å². The molecule has 0 atom stereocenters. The lowest BCUT2D eigenvalue weighted by Crippen LogP contribution is -2.05. The molecule has 0 saturated heterocycles. The molecule has 0 saturated carbocycles.